The Bertz CT molecular complexity index is 287. The van der Waals surface area contributed by atoms with E-state index < -0.39 is 10.0 Å². The maximum atomic E-state index is 11.5. The van der Waals surface area contributed by atoms with Gasteiger partial charge in [-0.25, -0.2) is 13.1 Å². The average molecular weight is 269 g/mol. The van der Waals surface area contributed by atoms with Gasteiger partial charge in [-0.1, -0.05) is 0 Å². The minimum absolute atomic E-state index is 0.142. The number of sulfonamides is 1. The molecular formula is C10H21ClN2O2S. The van der Waals surface area contributed by atoms with Crippen molar-refractivity contribution in [3.8, 4) is 0 Å². The summed E-state index contributed by atoms with van der Waals surface area (Å²) < 4.78 is 25.7. The van der Waals surface area contributed by atoms with Crippen molar-refractivity contribution in [2.75, 3.05) is 38.3 Å². The van der Waals surface area contributed by atoms with Gasteiger partial charge in [0.2, 0.25) is 10.0 Å². The van der Waals surface area contributed by atoms with E-state index in [-0.39, 0.29) is 5.75 Å². The molecule has 0 radical (unpaired) electrons. The van der Waals surface area contributed by atoms with Gasteiger partial charge in [-0.15, -0.1) is 11.6 Å². The third-order valence-electron chi connectivity index (χ3n) is 2.98. The van der Waals surface area contributed by atoms with Crippen LogP contribution < -0.4 is 4.72 Å². The lowest BCUT2D eigenvalue weighted by Crippen LogP contribution is -2.37. The number of rotatable bonds is 6. The summed E-state index contributed by atoms with van der Waals surface area (Å²) in [5.41, 5.74) is 0. The van der Waals surface area contributed by atoms with Crippen LogP contribution in [0.2, 0.25) is 0 Å². The van der Waals surface area contributed by atoms with Crippen molar-refractivity contribution in [1.82, 2.24) is 9.62 Å². The molecule has 0 aliphatic carbocycles. The van der Waals surface area contributed by atoms with Crippen LogP contribution >= 0.6 is 11.6 Å². The van der Waals surface area contributed by atoms with E-state index in [1.54, 1.807) is 0 Å². The topological polar surface area (TPSA) is 49.4 Å². The van der Waals surface area contributed by atoms with Gasteiger partial charge in [-0.3, -0.25) is 0 Å². The van der Waals surface area contributed by atoms with E-state index in [2.05, 4.69) is 16.7 Å². The predicted molar refractivity (Wildman–Crippen MR) is 67.3 cm³/mol. The fraction of sp³-hybridized carbons (Fsp3) is 1.00. The summed E-state index contributed by atoms with van der Waals surface area (Å²) in [6, 6.07) is 0. The molecule has 0 unspecified atom stereocenters. The zero-order valence-electron chi connectivity index (χ0n) is 9.78. The molecule has 0 amide bonds. The van der Waals surface area contributed by atoms with Crippen LogP contribution in [0, 0.1) is 5.92 Å². The minimum Gasteiger partial charge on any atom is -0.306 e. The Labute approximate surface area is 103 Å². The first-order valence-corrected chi connectivity index (χ1v) is 7.94. The van der Waals surface area contributed by atoms with Crippen LogP contribution in [0.5, 0.6) is 0 Å². The van der Waals surface area contributed by atoms with E-state index in [4.69, 9.17) is 11.6 Å². The van der Waals surface area contributed by atoms with E-state index in [9.17, 15) is 8.42 Å². The van der Waals surface area contributed by atoms with Gasteiger partial charge in [-0.2, -0.15) is 0 Å². The van der Waals surface area contributed by atoms with Crippen molar-refractivity contribution < 1.29 is 8.42 Å². The van der Waals surface area contributed by atoms with E-state index in [0.717, 1.165) is 25.9 Å². The Kier molecular flexibility index (Phi) is 6.03. The summed E-state index contributed by atoms with van der Waals surface area (Å²) in [7, 11) is -1.01. The minimum atomic E-state index is -3.10. The molecule has 0 saturated carbocycles. The summed E-state index contributed by atoms with van der Waals surface area (Å²) >= 11 is 5.47. The maximum Gasteiger partial charge on any atom is 0.211 e. The number of alkyl halides is 1. The number of halogens is 1. The lowest BCUT2D eigenvalue weighted by molar-refractivity contribution is 0.220. The molecule has 1 aliphatic heterocycles. The number of nitrogens with one attached hydrogen (secondary N) is 1. The second kappa shape index (κ2) is 6.79. The van der Waals surface area contributed by atoms with E-state index >= 15 is 0 Å². The highest BCUT2D eigenvalue weighted by molar-refractivity contribution is 7.89. The predicted octanol–water partition coefficient (Wildman–Crippen LogP) is 0.877. The van der Waals surface area contributed by atoms with Gasteiger partial charge in [-0.05, 0) is 45.3 Å². The molecule has 1 saturated heterocycles. The number of nitrogens with zero attached hydrogens (tertiary/aromatic N) is 1. The molecule has 16 heavy (non-hydrogen) atoms. The number of likely N-dealkylation sites (tertiary alicyclic amines) is 1. The van der Waals surface area contributed by atoms with Gasteiger partial charge in [0.05, 0.1) is 5.75 Å². The van der Waals surface area contributed by atoms with E-state index in [1.165, 1.54) is 0 Å². The molecule has 1 fully saturated rings. The molecule has 0 aromatic carbocycles. The van der Waals surface area contributed by atoms with Gasteiger partial charge >= 0.3 is 0 Å². The van der Waals surface area contributed by atoms with Crippen LogP contribution in [-0.2, 0) is 10.0 Å². The van der Waals surface area contributed by atoms with Crippen molar-refractivity contribution in [2.45, 2.75) is 19.3 Å². The van der Waals surface area contributed by atoms with Gasteiger partial charge < -0.3 is 4.90 Å². The molecule has 0 aromatic rings. The van der Waals surface area contributed by atoms with Crippen molar-refractivity contribution >= 4 is 21.6 Å². The molecule has 96 valence electrons. The third-order valence-corrected chi connectivity index (χ3v) is 4.68. The van der Waals surface area contributed by atoms with Gasteiger partial charge in [0, 0.05) is 12.4 Å². The first kappa shape index (κ1) is 14.2. The van der Waals surface area contributed by atoms with Crippen LogP contribution in [0.4, 0.5) is 0 Å². The second-order valence-corrected chi connectivity index (χ2v) is 6.76. The average Bonchev–Trinajstić information content (AvgIpc) is 2.26. The monoisotopic (exact) mass is 268 g/mol. The van der Waals surface area contributed by atoms with Crippen molar-refractivity contribution in [3.05, 3.63) is 0 Å². The molecule has 0 spiro atoms. The fourth-order valence-electron chi connectivity index (χ4n) is 1.83. The summed E-state index contributed by atoms with van der Waals surface area (Å²) in [5, 5.41) is 0. The lowest BCUT2D eigenvalue weighted by Gasteiger charge is -2.28. The highest BCUT2D eigenvalue weighted by Gasteiger charge is 2.18. The van der Waals surface area contributed by atoms with Crippen LogP contribution in [0.1, 0.15) is 19.3 Å². The third kappa shape index (κ3) is 5.48. The SMILES string of the molecule is CN1CCC(CNS(=O)(=O)CCCCl)CC1. The summed E-state index contributed by atoms with van der Waals surface area (Å²) in [6.07, 6.45) is 2.67. The number of hydrogen-bond donors (Lipinski definition) is 1. The first-order valence-electron chi connectivity index (χ1n) is 5.75. The van der Waals surface area contributed by atoms with Crippen LogP contribution in [0.25, 0.3) is 0 Å². The Morgan fingerprint density at radius 1 is 1.38 bits per heavy atom. The van der Waals surface area contributed by atoms with Gasteiger partial charge in [0.1, 0.15) is 0 Å². The Hall–Kier alpha value is 0.160. The Morgan fingerprint density at radius 3 is 2.56 bits per heavy atom. The van der Waals surface area contributed by atoms with E-state index in [1.807, 2.05) is 0 Å². The van der Waals surface area contributed by atoms with Crippen molar-refractivity contribution in [1.29, 1.82) is 0 Å². The largest absolute Gasteiger partial charge is 0.306 e. The number of hydrogen-bond acceptors (Lipinski definition) is 3. The molecule has 4 nitrogen and oxygen atoms in total. The molecule has 1 aliphatic rings. The molecule has 1 rings (SSSR count). The summed E-state index contributed by atoms with van der Waals surface area (Å²) in [4.78, 5) is 2.28. The Morgan fingerprint density at radius 2 is 2.00 bits per heavy atom. The first-order chi connectivity index (χ1) is 7.53. The summed E-state index contributed by atoms with van der Waals surface area (Å²) in [5.74, 6) is 1.03. The van der Waals surface area contributed by atoms with E-state index in [0.29, 0.717) is 24.8 Å². The van der Waals surface area contributed by atoms with Crippen LogP contribution in [0.3, 0.4) is 0 Å². The van der Waals surface area contributed by atoms with Crippen molar-refractivity contribution in [2.24, 2.45) is 5.92 Å². The zero-order valence-corrected chi connectivity index (χ0v) is 11.4. The maximum absolute atomic E-state index is 11.5. The molecular weight excluding hydrogens is 248 g/mol. The quantitative estimate of drug-likeness (QED) is 0.728. The smallest absolute Gasteiger partial charge is 0.211 e. The number of piperidine rings is 1. The molecule has 1 heterocycles. The highest BCUT2D eigenvalue weighted by Crippen LogP contribution is 2.15. The van der Waals surface area contributed by atoms with Gasteiger partial charge in [0.25, 0.3) is 0 Å². The molecule has 1 N–H and O–H groups in total. The zero-order chi connectivity index (χ0) is 12.0. The second-order valence-electron chi connectivity index (χ2n) is 4.46. The van der Waals surface area contributed by atoms with Crippen LogP contribution in [-0.4, -0.2) is 51.6 Å². The standard InChI is InChI=1S/C10H21ClN2O2S/c1-13-6-3-10(4-7-13)9-12-16(14,15)8-2-5-11/h10,12H,2-9H2,1H3. The normalized spacial score (nSPS) is 20.1. The fourth-order valence-corrected chi connectivity index (χ4v) is 3.28. The highest BCUT2D eigenvalue weighted by atomic mass is 35.5. The van der Waals surface area contributed by atoms with Crippen LogP contribution in [0.15, 0.2) is 0 Å². The van der Waals surface area contributed by atoms with Gasteiger partial charge in [0.15, 0.2) is 0 Å². The molecule has 0 atom stereocenters. The summed E-state index contributed by atoms with van der Waals surface area (Å²) in [6.45, 7) is 2.71. The lowest BCUT2D eigenvalue weighted by atomic mass is 9.98. The molecule has 0 bridgehead atoms. The van der Waals surface area contributed by atoms with Crippen molar-refractivity contribution in [3.63, 3.8) is 0 Å². The Balaban J connectivity index is 2.23. The molecule has 6 heteroatoms. The molecule has 0 aromatic heterocycles.